The number of aromatic nitrogens is 3. The van der Waals surface area contributed by atoms with E-state index in [-0.39, 0.29) is 5.95 Å². The lowest BCUT2D eigenvalue weighted by Gasteiger charge is -2.25. The summed E-state index contributed by atoms with van der Waals surface area (Å²) in [5.41, 5.74) is 0. The maximum atomic E-state index is 12.1. The van der Waals surface area contributed by atoms with Crippen LogP contribution in [0.3, 0.4) is 0 Å². The maximum absolute atomic E-state index is 12.1. The predicted octanol–water partition coefficient (Wildman–Crippen LogP) is -2.93. The van der Waals surface area contributed by atoms with Crippen molar-refractivity contribution in [3.05, 3.63) is 16.4 Å². The monoisotopic (exact) mass is 370 g/mol. The Morgan fingerprint density at radius 3 is 2.46 bits per heavy atom. The molecule has 26 heavy (non-hydrogen) atoms. The Morgan fingerprint density at radius 2 is 2.00 bits per heavy atom. The van der Waals surface area contributed by atoms with Crippen LogP contribution in [0.25, 0.3) is 0 Å². The fraction of sp³-hybridized carbons (Fsp3) is 0.692. The largest absolute Gasteiger partial charge is 0.451 e. The molecule has 1 amide bonds. The van der Waals surface area contributed by atoms with E-state index in [1.54, 1.807) is 0 Å². The number of ether oxygens (including phenoxy) is 2. The number of hydrogen-bond donors (Lipinski definition) is 2. The number of rotatable bonds is 2. The highest BCUT2D eigenvalue weighted by Crippen LogP contribution is 2.04. The summed E-state index contributed by atoms with van der Waals surface area (Å²) in [6, 6.07) is 0. The molecule has 0 aliphatic carbocycles. The first kappa shape index (κ1) is 19.7. The second-order valence-corrected chi connectivity index (χ2v) is 5.35. The van der Waals surface area contributed by atoms with Gasteiger partial charge in [0.25, 0.3) is 0 Å². The van der Waals surface area contributed by atoms with Crippen molar-refractivity contribution in [2.24, 2.45) is 5.10 Å². The molecule has 0 bridgehead atoms. The minimum atomic E-state index is -0.825. The van der Waals surface area contributed by atoms with E-state index in [0.717, 1.165) is 31.3 Å². The first-order chi connectivity index (χ1) is 12.6. The van der Waals surface area contributed by atoms with Crippen LogP contribution >= 0.6 is 0 Å². The number of nitrogens with zero attached hydrogens (tertiary/aromatic N) is 6. The Balaban J connectivity index is 0.000000342. The van der Waals surface area contributed by atoms with E-state index in [1.807, 2.05) is 0 Å². The third kappa shape index (κ3) is 6.02. The molecule has 0 spiro atoms. The lowest BCUT2D eigenvalue weighted by molar-refractivity contribution is -0.670. The highest BCUT2D eigenvalue weighted by molar-refractivity contribution is 6.34. The zero-order valence-electron chi connectivity index (χ0n) is 14.5. The summed E-state index contributed by atoms with van der Waals surface area (Å²) in [5.74, 6) is -1.40. The number of carbonyl (C=O) groups is 1. The van der Waals surface area contributed by atoms with E-state index in [1.165, 1.54) is 11.9 Å². The molecule has 3 rings (SSSR count). The third-order valence-corrected chi connectivity index (χ3v) is 3.51. The van der Waals surface area contributed by atoms with Crippen LogP contribution < -0.4 is 10.3 Å². The maximum Gasteiger partial charge on any atom is 0.451 e. The number of carbonyl (C=O) groups excluding carboxylic acids is 1. The summed E-state index contributed by atoms with van der Waals surface area (Å²) >= 11 is 0. The first-order valence-electron chi connectivity index (χ1n) is 8.11. The Hall–Kier alpha value is -2.64. The van der Waals surface area contributed by atoms with Gasteiger partial charge in [-0.2, -0.15) is 0 Å². The number of amides is 1. The summed E-state index contributed by atoms with van der Waals surface area (Å²) in [4.78, 5) is 27.2. The highest BCUT2D eigenvalue weighted by Gasteiger charge is 2.31. The smallest absolute Gasteiger partial charge is 0.397 e. The number of anilines is 1. The number of quaternary nitrogens is 1. The zero-order valence-corrected chi connectivity index (χ0v) is 14.5. The van der Waals surface area contributed by atoms with Gasteiger partial charge >= 0.3 is 11.7 Å². The molecular formula is C13H22N8O5. The normalized spacial score (nSPS) is 17.9. The molecule has 13 heteroatoms. The standard InChI is InChI=1S/C9H12N7O4.C4H9NO/c1-14(9-10-6-11-12-9)13-7(16(18)19)8(17)15-2-4-20-5-3-15;1-3-6-4-2-5-1/h2-5H2,1H3,(H,10,11,12);5H,1-4H2/q-1;/p+1. The average Bonchev–Trinajstić information content (AvgIpc) is 3.23. The molecule has 0 atom stereocenters. The van der Waals surface area contributed by atoms with Crippen molar-refractivity contribution < 1.29 is 24.5 Å². The minimum Gasteiger partial charge on any atom is -0.397 e. The van der Waals surface area contributed by atoms with Crippen LogP contribution in [-0.4, -0.2) is 96.4 Å². The van der Waals surface area contributed by atoms with Crippen molar-refractivity contribution in [2.45, 2.75) is 0 Å². The summed E-state index contributed by atoms with van der Waals surface area (Å²) in [6.07, 6.45) is 2.26. The van der Waals surface area contributed by atoms with Crippen molar-refractivity contribution in [2.75, 3.05) is 64.7 Å². The average molecular weight is 370 g/mol. The molecule has 144 valence electrons. The lowest BCUT2D eigenvalue weighted by atomic mass is 10.4. The molecule has 0 unspecified atom stereocenters. The Labute approximate surface area is 149 Å². The number of amidine groups is 1. The van der Waals surface area contributed by atoms with Gasteiger partial charge in [-0.05, 0) is 11.3 Å². The predicted molar refractivity (Wildman–Crippen MR) is 87.9 cm³/mol. The van der Waals surface area contributed by atoms with Crippen LogP contribution in [0.1, 0.15) is 0 Å². The van der Waals surface area contributed by atoms with Crippen molar-refractivity contribution >= 4 is 17.7 Å². The zero-order chi connectivity index (χ0) is 18.8. The summed E-state index contributed by atoms with van der Waals surface area (Å²) in [7, 11) is 1.41. The summed E-state index contributed by atoms with van der Waals surface area (Å²) in [6.45, 7) is 5.49. The Kier molecular flexibility index (Phi) is 7.85. The second-order valence-electron chi connectivity index (χ2n) is 5.35. The fourth-order valence-corrected chi connectivity index (χ4v) is 2.15. The molecule has 2 aliphatic rings. The number of nitrogens with one attached hydrogen (secondary N) is 1. The highest BCUT2D eigenvalue weighted by atomic mass is 16.6. The topological polar surface area (TPSA) is 156 Å². The van der Waals surface area contributed by atoms with Crippen LogP contribution in [0.2, 0.25) is 0 Å². The SMILES string of the molecule is C1COCC[NH2+]1.CN(N=C(C(=O)N1CCOCC1)[N+](=O)[O-])c1n[c-]n[nH]1. The van der Waals surface area contributed by atoms with Crippen LogP contribution in [0.15, 0.2) is 5.10 Å². The number of aromatic amines is 1. The van der Waals surface area contributed by atoms with Gasteiger partial charge in [-0.3, -0.25) is 9.89 Å². The van der Waals surface area contributed by atoms with Gasteiger partial charge in [-0.15, -0.1) is 0 Å². The quantitative estimate of drug-likeness (QED) is 0.184. The van der Waals surface area contributed by atoms with Gasteiger partial charge in [0, 0.05) is 20.1 Å². The van der Waals surface area contributed by atoms with Crippen molar-refractivity contribution in [1.29, 1.82) is 0 Å². The molecule has 0 aromatic carbocycles. The van der Waals surface area contributed by atoms with Gasteiger partial charge in [-0.1, -0.05) is 0 Å². The number of hydrazone groups is 1. The van der Waals surface area contributed by atoms with Crippen molar-refractivity contribution in [1.82, 2.24) is 20.1 Å². The van der Waals surface area contributed by atoms with Crippen LogP contribution in [0.4, 0.5) is 5.95 Å². The third-order valence-electron chi connectivity index (χ3n) is 3.51. The van der Waals surface area contributed by atoms with E-state index in [0.29, 0.717) is 26.3 Å². The molecule has 2 aliphatic heterocycles. The number of morpholine rings is 2. The molecule has 0 saturated carbocycles. The van der Waals surface area contributed by atoms with Crippen LogP contribution in [-0.2, 0) is 14.3 Å². The van der Waals surface area contributed by atoms with Crippen LogP contribution in [0.5, 0.6) is 0 Å². The molecular weight excluding hydrogens is 348 g/mol. The van der Waals surface area contributed by atoms with Crippen molar-refractivity contribution in [3.63, 3.8) is 0 Å². The first-order valence-corrected chi connectivity index (χ1v) is 8.11. The molecule has 3 heterocycles. The Morgan fingerprint density at radius 1 is 1.35 bits per heavy atom. The van der Waals surface area contributed by atoms with Crippen LogP contribution in [0, 0.1) is 16.4 Å². The minimum absolute atomic E-state index is 0.138. The van der Waals surface area contributed by atoms with Gasteiger partial charge in [0.05, 0.1) is 44.6 Å². The van der Waals surface area contributed by atoms with Gasteiger partial charge in [-0.25, -0.2) is 5.01 Å². The fourth-order valence-electron chi connectivity index (χ4n) is 2.15. The molecule has 0 radical (unpaired) electrons. The van der Waals surface area contributed by atoms with Crippen molar-refractivity contribution in [3.8, 4) is 0 Å². The van der Waals surface area contributed by atoms with E-state index in [4.69, 9.17) is 9.47 Å². The second kappa shape index (κ2) is 10.4. The Bertz CT molecular complexity index is 586. The van der Waals surface area contributed by atoms with E-state index < -0.39 is 16.7 Å². The van der Waals surface area contributed by atoms with Gasteiger partial charge in [0.1, 0.15) is 5.95 Å². The number of hydrogen-bond acceptors (Lipinski definition) is 9. The van der Waals surface area contributed by atoms with E-state index >= 15 is 0 Å². The number of H-pyrrole nitrogens is 1. The summed E-state index contributed by atoms with van der Waals surface area (Å²) < 4.78 is 10.1. The number of nitro groups is 1. The molecule has 3 N–H and O–H groups in total. The molecule has 1 aromatic rings. The number of nitrogens with two attached hydrogens (primary N) is 1. The lowest BCUT2D eigenvalue weighted by Crippen LogP contribution is -2.87. The molecule has 13 nitrogen and oxygen atoms in total. The summed E-state index contributed by atoms with van der Waals surface area (Å²) in [5, 5.41) is 23.9. The van der Waals surface area contributed by atoms with Gasteiger partial charge in [0.2, 0.25) is 0 Å². The van der Waals surface area contributed by atoms with E-state index in [2.05, 4.69) is 31.9 Å². The van der Waals surface area contributed by atoms with E-state index in [9.17, 15) is 14.9 Å². The molecule has 2 fully saturated rings. The molecule has 2 saturated heterocycles. The van der Waals surface area contributed by atoms with Gasteiger partial charge in [0.15, 0.2) is 0 Å². The molecule has 1 aromatic heterocycles. The van der Waals surface area contributed by atoms with Gasteiger partial charge < -0.3 is 39.9 Å².